The lowest BCUT2D eigenvalue weighted by Crippen LogP contribution is -2.43. The second-order valence-corrected chi connectivity index (χ2v) is 9.86. The van der Waals surface area contributed by atoms with Crippen LogP contribution in [0.15, 0.2) is 4.99 Å². The fourth-order valence-electron chi connectivity index (χ4n) is 3.77. The van der Waals surface area contributed by atoms with Crippen LogP contribution in [0.3, 0.4) is 0 Å². The Bertz CT molecular complexity index is 726. The summed E-state index contributed by atoms with van der Waals surface area (Å²) in [7, 11) is 0. The van der Waals surface area contributed by atoms with Gasteiger partial charge in [-0.3, -0.25) is 4.99 Å². The topological polar surface area (TPSA) is 84.8 Å². The Morgan fingerprint density at radius 1 is 1.40 bits per heavy atom. The Morgan fingerprint density at radius 3 is 2.77 bits per heavy atom. The van der Waals surface area contributed by atoms with E-state index in [1.54, 1.807) is 6.92 Å². The van der Waals surface area contributed by atoms with Gasteiger partial charge >= 0.3 is 5.97 Å². The maximum absolute atomic E-state index is 12.1. The predicted molar refractivity (Wildman–Crippen MR) is 122 cm³/mol. The Morgan fingerprint density at radius 2 is 2.13 bits per heavy atom. The molecule has 1 saturated heterocycles. The van der Waals surface area contributed by atoms with Crippen molar-refractivity contribution in [2.24, 2.45) is 16.3 Å². The number of thiazole rings is 1. The van der Waals surface area contributed by atoms with Crippen molar-refractivity contribution >= 4 is 23.3 Å². The molecule has 8 heteroatoms. The molecule has 2 N–H and O–H groups in total. The first-order chi connectivity index (χ1) is 14.2. The van der Waals surface area contributed by atoms with Crippen LogP contribution in [0.1, 0.15) is 80.8 Å². The van der Waals surface area contributed by atoms with Gasteiger partial charge in [-0.1, -0.05) is 20.8 Å². The van der Waals surface area contributed by atoms with Crippen molar-refractivity contribution in [1.82, 2.24) is 15.6 Å². The number of carbonyl (C=O) groups excluding carboxylic acids is 1. The van der Waals surface area contributed by atoms with Crippen molar-refractivity contribution < 1.29 is 14.3 Å². The molecule has 170 valence electrons. The van der Waals surface area contributed by atoms with Crippen molar-refractivity contribution in [2.45, 2.75) is 73.5 Å². The first-order valence-electron chi connectivity index (χ1n) is 11.0. The van der Waals surface area contributed by atoms with Gasteiger partial charge in [-0.05, 0) is 46.0 Å². The van der Waals surface area contributed by atoms with Crippen molar-refractivity contribution in [1.29, 1.82) is 0 Å². The number of carbonyl (C=O) groups is 1. The van der Waals surface area contributed by atoms with Gasteiger partial charge in [0.2, 0.25) is 0 Å². The van der Waals surface area contributed by atoms with Crippen LogP contribution in [0, 0.1) is 18.3 Å². The average Bonchev–Trinajstić information content (AvgIpc) is 3.08. The number of nitrogens with zero attached hydrogens (tertiary/aromatic N) is 2. The lowest BCUT2D eigenvalue weighted by molar-refractivity contribution is -0.0823. The highest BCUT2D eigenvalue weighted by Gasteiger charge is 2.35. The molecular weight excluding hydrogens is 400 g/mol. The summed E-state index contributed by atoms with van der Waals surface area (Å²) in [6, 6.07) is -0.0734. The van der Waals surface area contributed by atoms with Gasteiger partial charge in [0, 0.05) is 25.6 Å². The highest BCUT2D eigenvalue weighted by atomic mass is 32.1. The normalized spacial score (nSPS) is 21.2. The minimum Gasteiger partial charge on any atom is -0.462 e. The number of hydrogen-bond acceptors (Lipinski definition) is 6. The second kappa shape index (κ2) is 11.1. The predicted octanol–water partition coefficient (Wildman–Crippen LogP) is 4.09. The van der Waals surface area contributed by atoms with Crippen LogP contribution in [-0.4, -0.2) is 49.3 Å². The maximum atomic E-state index is 12.1. The van der Waals surface area contributed by atoms with E-state index in [-0.39, 0.29) is 23.5 Å². The lowest BCUT2D eigenvalue weighted by Gasteiger charge is -2.39. The standard InChI is InChI=1S/C22H38N4O3S/c1-8-23-21(24-13-16-11-10-12-29-18(16)22(5,6)7)26-15(4)19-25-14(3)17(30-19)20(27)28-9-2/h15-16,18H,8-13H2,1-7H3,(H2,23,24,26). The van der Waals surface area contributed by atoms with E-state index in [0.717, 1.165) is 43.5 Å². The summed E-state index contributed by atoms with van der Waals surface area (Å²) >= 11 is 1.37. The van der Waals surface area contributed by atoms with Gasteiger partial charge in [0.15, 0.2) is 5.96 Å². The number of aliphatic imine (C=N–C) groups is 1. The number of guanidine groups is 1. The zero-order valence-electron chi connectivity index (χ0n) is 19.5. The third-order valence-electron chi connectivity index (χ3n) is 5.12. The molecule has 0 radical (unpaired) electrons. The molecule has 30 heavy (non-hydrogen) atoms. The third kappa shape index (κ3) is 6.67. The van der Waals surface area contributed by atoms with Crippen molar-refractivity contribution in [3.8, 4) is 0 Å². The molecule has 1 aliphatic heterocycles. The van der Waals surface area contributed by atoms with E-state index in [4.69, 9.17) is 14.5 Å². The summed E-state index contributed by atoms with van der Waals surface area (Å²) in [6.07, 6.45) is 2.43. The molecule has 0 saturated carbocycles. The number of aryl methyl sites for hydroxylation is 1. The number of nitrogens with one attached hydrogen (secondary N) is 2. The van der Waals surface area contributed by atoms with E-state index in [9.17, 15) is 4.79 Å². The molecule has 0 aliphatic carbocycles. The van der Waals surface area contributed by atoms with Gasteiger partial charge in [-0.15, -0.1) is 11.3 Å². The number of rotatable bonds is 7. The zero-order chi connectivity index (χ0) is 22.3. The molecule has 0 bridgehead atoms. The van der Waals surface area contributed by atoms with Crippen molar-refractivity contribution in [3.63, 3.8) is 0 Å². The smallest absolute Gasteiger partial charge is 0.350 e. The van der Waals surface area contributed by atoms with Crippen LogP contribution in [-0.2, 0) is 9.47 Å². The molecule has 3 unspecified atom stereocenters. The van der Waals surface area contributed by atoms with Gasteiger partial charge in [0.05, 0.1) is 24.4 Å². The molecule has 2 rings (SSSR count). The first kappa shape index (κ1) is 24.6. The minimum absolute atomic E-state index is 0.0734. The van der Waals surface area contributed by atoms with E-state index < -0.39 is 0 Å². The van der Waals surface area contributed by atoms with Crippen LogP contribution in [0.5, 0.6) is 0 Å². The van der Waals surface area contributed by atoms with Gasteiger partial charge < -0.3 is 20.1 Å². The highest BCUT2D eigenvalue weighted by Crippen LogP contribution is 2.34. The third-order valence-corrected chi connectivity index (χ3v) is 6.44. The van der Waals surface area contributed by atoms with E-state index in [1.807, 2.05) is 13.8 Å². The van der Waals surface area contributed by atoms with Gasteiger partial charge in [0.1, 0.15) is 9.88 Å². The van der Waals surface area contributed by atoms with Gasteiger partial charge in [-0.25, -0.2) is 9.78 Å². The Balaban J connectivity index is 2.09. The number of esters is 1. The monoisotopic (exact) mass is 438 g/mol. The van der Waals surface area contributed by atoms with Crippen LogP contribution in [0.2, 0.25) is 0 Å². The highest BCUT2D eigenvalue weighted by molar-refractivity contribution is 7.13. The Hall–Kier alpha value is -1.67. The molecule has 2 heterocycles. The van der Waals surface area contributed by atoms with Crippen LogP contribution >= 0.6 is 11.3 Å². The molecule has 1 aromatic heterocycles. The second-order valence-electron chi connectivity index (χ2n) is 8.83. The average molecular weight is 439 g/mol. The SMILES string of the molecule is CCNC(=NCC1CCCOC1C(C)(C)C)NC(C)c1nc(C)c(C(=O)OCC)s1. The minimum atomic E-state index is -0.308. The largest absolute Gasteiger partial charge is 0.462 e. The first-order valence-corrected chi connectivity index (χ1v) is 11.8. The summed E-state index contributed by atoms with van der Waals surface area (Å²) in [4.78, 5) is 22.1. The summed E-state index contributed by atoms with van der Waals surface area (Å²) in [5, 5.41) is 7.60. The Labute approximate surface area is 185 Å². The Kier molecular flexibility index (Phi) is 9.09. The maximum Gasteiger partial charge on any atom is 0.350 e. The van der Waals surface area contributed by atoms with E-state index in [0.29, 0.717) is 23.1 Å². The zero-order valence-corrected chi connectivity index (χ0v) is 20.3. The fourth-order valence-corrected chi connectivity index (χ4v) is 4.73. The van der Waals surface area contributed by atoms with Crippen molar-refractivity contribution in [3.05, 3.63) is 15.6 Å². The van der Waals surface area contributed by atoms with Gasteiger partial charge in [0.25, 0.3) is 0 Å². The number of aromatic nitrogens is 1. The van der Waals surface area contributed by atoms with Crippen LogP contribution < -0.4 is 10.6 Å². The fraction of sp³-hybridized carbons (Fsp3) is 0.773. The van der Waals surface area contributed by atoms with Crippen LogP contribution in [0.4, 0.5) is 0 Å². The molecule has 1 aliphatic rings. The molecule has 1 fully saturated rings. The molecule has 7 nitrogen and oxygen atoms in total. The molecular formula is C22H38N4O3S. The molecule has 0 aromatic carbocycles. The summed E-state index contributed by atoms with van der Waals surface area (Å²) in [5.74, 6) is 0.854. The van der Waals surface area contributed by atoms with Gasteiger partial charge in [-0.2, -0.15) is 0 Å². The summed E-state index contributed by atoms with van der Waals surface area (Å²) < 4.78 is 11.2. The summed E-state index contributed by atoms with van der Waals surface area (Å²) in [5.41, 5.74) is 0.804. The van der Waals surface area contributed by atoms with Crippen LogP contribution in [0.25, 0.3) is 0 Å². The molecule has 3 atom stereocenters. The molecule has 0 spiro atoms. The number of hydrogen-bond donors (Lipinski definition) is 2. The van der Waals surface area contributed by atoms with Crippen molar-refractivity contribution in [2.75, 3.05) is 26.3 Å². The van der Waals surface area contributed by atoms with E-state index >= 15 is 0 Å². The van der Waals surface area contributed by atoms with E-state index in [2.05, 4.69) is 43.3 Å². The quantitative estimate of drug-likeness (QED) is 0.379. The number of ether oxygens (including phenoxy) is 2. The van der Waals surface area contributed by atoms with E-state index in [1.165, 1.54) is 11.3 Å². The summed E-state index contributed by atoms with van der Waals surface area (Å²) in [6.45, 7) is 17.1. The molecule has 0 amide bonds. The molecule has 1 aromatic rings. The lowest BCUT2D eigenvalue weighted by atomic mass is 9.78.